The Balaban J connectivity index is 1.23. The second-order valence-electron chi connectivity index (χ2n) is 14.2. The van der Waals surface area contributed by atoms with Crippen LogP contribution < -0.4 is 0 Å². The minimum absolute atomic E-state index is 0.175. The first-order chi connectivity index (χ1) is 28.9. The van der Waals surface area contributed by atoms with Gasteiger partial charge in [0.1, 0.15) is 11.2 Å². The highest BCUT2D eigenvalue weighted by Crippen LogP contribution is 2.50. The molecule has 1 heteroatoms. The Kier molecular flexibility index (Phi) is 4.64. The van der Waals surface area contributed by atoms with E-state index in [1.807, 2.05) is 72.8 Å². The fourth-order valence-corrected chi connectivity index (χ4v) is 8.60. The van der Waals surface area contributed by atoms with Gasteiger partial charge in [0.2, 0.25) is 0 Å². The highest BCUT2D eigenvalue weighted by atomic mass is 16.3. The zero-order valence-corrected chi connectivity index (χ0v) is 28.5. The van der Waals surface area contributed by atoms with E-state index in [0.717, 1.165) is 32.7 Å². The van der Waals surface area contributed by atoms with Gasteiger partial charge in [0.05, 0.1) is 11.0 Å². The number of hydrogen-bond donors (Lipinski definition) is 0. The second kappa shape index (κ2) is 10.8. The summed E-state index contributed by atoms with van der Waals surface area (Å²) >= 11 is 0. The van der Waals surface area contributed by atoms with E-state index >= 15 is 0 Å². The van der Waals surface area contributed by atoms with Crippen LogP contribution in [0, 0.1) is 0 Å². The van der Waals surface area contributed by atoms with Crippen LogP contribution in [0.1, 0.15) is 35.9 Å². The van der Waals surface area contributed by atoms with E-state index in [1.54, 1.807) is 6.07 Å². The molecule has 0 saturated carbocycles. The molecule has 0 fully saturated rings. The van der Waals surface area contributed by atoms with Crippen LogP contribution in [0.15, 0.2) is 174 Å². The monoisotopic (exact) mass is 670 g/mol. The number of rotatable bonds is 3. The Bertz CT molecular complexity index is 3480. The summed E-state index contributed by atoms with van der Waals surface area (Å²) < 4.78 is 79.9. The maximum absolute atomic E-state index is 9.47. The third-order valence-corrected chi connectivity index (χ3v) is 11.1. The quantitative estimate of drug-likeness (QED) is 0.171. The number of benzene rings is 9. The highest BCUT2D eigenvalue weighted by molar-refractivity contribution is 6.23. The molecule has 0 radical (unpaired) electrons. The van der Waals surface area contributed by atoms with E-state index in [1.165, 1.54) is 22.3 Å². The molecule has 11 rings (SSSR count). The third-order valence-electron chi connectivity index (χ3n) is 11.1. The van der Waals surface area contributed by atoms with Crippen molar-refractivity contribution in [2.24, 2.45) is 0 Å². The van der Waals surface area contributed by atoms with E-state index < -0.39 is 24.2 Å². The highest BCUT2D eigenvalue weighted by Gasteiger charge is 2.35. The molecular formula is C51H34O. The topological polar surface area (TPSA) is 13.1 Å². The van der Waals surface area contributed by atoms with Crippen LogP contribution in [0.25, 0.3) is 98.8 Å². The molecule has 9 aromatic carbocycles. The van der Waals surface area contributed by atoms with Gasteiger partial charge in [-0.2, -0.15) is 0 Å². The first-order valence-corrected chi connectivity index (χ1v) is 17.5. The van der Waals surface area contributed by atoms with Gasteiger partial charge in [0.25, 0.3) is 0 Å². The molecule has 1 aliphatic rings. The van der Waals surface area contributed by atoms with Crippen molar-refractivity contribution in [3.05, 3.63) is 181 Å². The summed E-state index contributed by atoms with van der Waals surface area (Å²) in [7, 11) is 0. The molecule has 0 aliphatic heterocycles. The van der Waals surface area contributed by atoms with Gasteiger partial charge in [0, 0.05) is 21.6 Å². The standard InChI is InChI=1S/C51H34O/c1-51(2)45-21-10-9-16-37(45)38-25-23-33(30-46(38)51)32-13-11-14-34(28-32)48-39-17-5-7-19-41(39)49(42-20-8-6-18-40(42)48)35-24-27-47-44(29-35)43-26-22-31-12-3-4-15-36(31)50(43)52-47/h3-30H,1-2H3/i5D,6D,7D,8D,17D,18D,19D,20D. The molecule has 0 atom stereocenters. The van der Waals surface area contributed by atoms with E-state index in [-0.39, 0.29) is 51.1 Å². The van der Waals surface area contributed by atoms with Gasteiger partial charge in [-0.3, -0.25) is 0 Å². The van der Waals surface area contributed by atoms with Crippen molar-refractivity contribution in [2.75, 3.05) is 0 Å². The Morgan fingerprint density at radius 2 is 1.06 bits per heavy atom. The maximum atomic E-state index is 9.47. The lowest BCUT2D eigenvalue weighted by Gasteiger charge is -2.22. The summed E-state index contributed by atoms with van der Waals surface area (Å²) in [6.07, 6.45) is 0. The third kappa shape index (κ3) is 4.11. The van der Waals surface area contributed by atoms with Crippen molar-refractivity contribution in [1.29, 1.82) is 0 Å². The summed E-state index contributed by atoms with van der Waals surface area (Å²) in [5, 5.41) is 4.32. The van der Waals surface area contributed by atoms with Gasteiger partial charge in [-0.05, 0) is 113 Å². The number of furan rings is 1. The summed E-state index contributed by atoms with van der Waals surface area (Å²) in [6.45, 7) is 4.46. The van der Waals surface area contributed by atoms with Crippen molar-refractivity contribution < 1.29 is 15.4 Å². The van der Waals surface area contributed by atoms with Crippen LogP contribution in [0.3, 0.4) is 0 Å². The van der Waals surface area contributed by atoms with Gasteiger partial charge in [0.15, 0.2) is 0 Å². The largest absolute Gasteiger partial charge is 0.455 e. The van der Waals surface area contributed by atoms with Crippen molar-refractivity contribution in [3.63, 3.8) is 0 Å². The minimum atomic E-state index is -0.434. The molecule has 1 aromatic heterocycles. The summed E-state index contributed by atoms with van der Waals surface area (Å²) in [6, 6.07) is 37.2. The van der Waals surface area contributed by atoms with E-state index in [4.69, 9.17) is 9.90 Å². The molecule has 244 valence electrons. The molecule has 0 bridgehead atoms. The van der Waals surface area contributed by atoms with Gasteiger partial charge in [-0.15, -0.1) is 0 Å². The van der Waals surface area contributed by atoms with Gasteiger partial charge >= 0.3 is 0 Å². The molecular weight excluding hydrogens is 629 g/mol. The van der Waals surface area contributed by atoms with Crippen LogP contribution in [0.2, 0.25) is 0 Å². The molecule has 10 aromatic rings. The van der Waals surface area contributed by atoms with Crippen LogP contribution in [-0.4, -0.2) is 0 Å². The first kappa shape index (κ1) is 22.4. The van der Waals surface area contributed by atoms with E-state index in [0.29, 0.717) is 33.4 Å². The first-order valence-electron chi connectivity index (χ1n) is 21.5. The average molecular weight is 671 g/mol. The Morgan fingerprint density at radius 1 is 0.442 bits per heavy atom. The van der Waals surface area contributed by atoms with Gasteiger partial charge in [-0.1, -0.05) is 153 Å². The molecule has 0 saturated heterocycles. The Morgan fingerprint density at radius 3 is 1.83 bits per heavy atom. The van der Waals surface area contributed by atoms with Crippen molar-refractivity contribution in [3.8, 4) is 44.5 Å². The van der Waals surface area contributed by atoms with Crippen molar-refractivity contribution in [1.82, 2.24) is 0 Å². The smallest absolute Gasteiger partial charge is 0.143 e. The van der Waals surface area contributed by atoms with E-state index in [9.17, 15) is 5.48 Å². The van der Waals surface area contributed by atoms with Crippen molar-refractivity contribution >= 4 is 54.3 Å². The molecule has 1 aliphatic carbocycles. The van der Waals surface area contributed by atoms with Crippen LogP contribution in [-0.2, 0) is 5.41 Å². The predicted octanol–water partition coefficient (Wildman–Crippen LogP) is 14.4. The predicted molar refractivity (Wildman–Crippen MR) is 220 cm³/mol. The maximum Gasteiger partial charge on any atom is 0.143 e. The fourth-order valence-electron chi connectivity index (χ4n) is 8.60. The lowest BCUT2D eigenvalue weighted by atomic mass is 9.81. The van der Waals surface area contributed by atoms with Gasteiger partial charge in [-0.25, -0.2) is 0 Å². The molecule has 52 heavy (non-hydrogen) atoms. The Hall–Kier alpha value is -6.44. The number of hydrogen-bond acceptors (Lipinski definition) is 1. The van der Waals surface area contributed by atoms with E-state index in [2.05, 4.69) is 56.3 Å². The zero-order chi connectivity index (χ0) is 41.5. The number of fused-ring (bicyclic) bond motifs is 10. The lowest BCUT2D eigenvalue weighted by Crippen LogP contribution is -2.14. The van der Waals surface area contributed by atoms with Crippen molar-refractivity contribution in [2.45, 2.75) is 19.3 Å². The summed E-state index contributed by atoms with van der Waals surface area (Å²) in [4.78, 5) is 0. The lowest BCUT2D eigenvalue weighted by molar-refractivity contribution is 0.660. The molecule has 1 nitrogen and oxygen atoms in total. The van der Waals surface area contributed by atoms with Gasteiger partial charge < -0.3 is 4.42 Å². The Labute approximate surface area is 313 Å². The van der Waals surface area contributed by atoms with Crippen LogP contribution in [0.4, 0.5) is 0 Å². The minimum Gasteiger partial charge on any atom is -0.455 e. The molecule has 0 spiro atoms. The molecule has 1 heterocycles. The summed E-state index contributed by atoms with van der Waals surface area (Å²) in [5.41, 5.74) is 9.51. The second-order valence-corrected chi connectivity index (χ2v) is 14.2. The fraction of sp³-hybridized carbons (Fsp3) is 0.0588. The zero-order valence-electron chi connectivity index (χ0n) is 36.5. The normalized spacial score (nSPS) is 15.5. The molecule has 0 amide bonds. The molecule has 0 N–H and O–H groups in total. The summed E-state index contributed by atoms with van der Waals surface area (Å²) in [5.74, 6) is 0. The van der Waals surface area contributed by atoms with Crippen LogP contribution in [0.5, 0.6) is 0 Å². The molecule has 0 unspecified atom stereocenters. The average Bonchev–Trinajstić information content (AvgIpc) is 3.76. The van der Waals surface area contributed by atoms with Crippen LogP contribution >= 0.6 is 0 Å². The SMILES string of the molecule is [2H]c1c([2H])c([2H])c2c(-c3ccc4oc5c6ccccc6ccc5c4c3)c3c([2H])c([2H])c([2H])c([2H])c3c(-c3cccc(-c4ccc5c(c4)C(C)(C)c4ccccc4-5)c3)c2c1[2H].